The molecule has 1 amide bonds. The number of allylic oxidation sites excluding steroid dienone is 1. The quantitative estimate of drug-likeness (QED) is 0.506. The molecule has 1 aromatic carbocycles. The monoisotopic (exact) mass is 328 g/mol. The lowest BCUT2D eigenvalue weighted by Gasteiger charge is -2.27. The van der Waals surface area contributed by atoms with Gasteiger partial charge in [-0.3, -0.25) is 14.9 Å². The lowest BCUT2D eigenvalue weighted by Crippen LogP contribution is -2.40. The van der Waals surface area contributed by atoms with E-state index in [0.29, 0.717) is 5.69 Å². The van der Waals surface area contributed by atoms with Gasteiger partial charge in [0.2, 0.25) is 5.91 Å². The van der Waals surface area contributed by atoms with Crippen LogP contribution in [0.25, 0.3) is 0 Å². The summed E-state index contributed by atoms with van der Waals surface area (Å²) in [6.07, 6.45) is 1.82. The standard InChI is InChI=1S/C13H10Cl2N2O4/c14-10-6-9(13(15,19)7-11(10)17(20)21)12(18)16-8-4-2-1-3-5-8/h1-7,9,19H,(H,16,18). The third-order valence-electron chi connectivity index (χ3n) is 2.85. The van der Waals surface area contributed by atoms with E-state index in [-0.39, 0.29) is 5.03 Å². The van der Waals surface area contributed by atoms with Gasteiger partial charge in [0, 0.05) is 11.8 Å². The highest BCUT2D eigenvalue weighted by Gasteiger charge is 2.43. The molecular formula is C13H10Cl2N2O4. The van der Waals surface area contributed by atoms with Gasteiger partial charge in [0.15, 0.2) is 5.06 Å². The van der Waals surface area contributed by atoms with Gasteiger partial charge >= 0.3 is 0 Å². The second kappa shape index (κ2) is 5.85. The Hall–Kier alpha value is -1.89. The number of aliphatic hydroxyl groups is 1. The van der Waals surface area contributed by atoms with Crippen molar-refractivity contribution in [1.82, 2.24) is 0 Å². The SMILES string of the molecule is O=C(Nc1ccccc1)C1C=C(Cl)C([N+](=O)[O-])=CC1(O)Cl. The zero-order valence-corrected chi connectivity index (χ0v) is 12.0. The fraction of sp³-hybridized carbons (Fsp3) is 0.154. The van der Waals surface area contributed by atoms with Crippen molar-refractivity contribution in [3.05, 3.63) is 63.3 Å². The number of hydrogen-bond donors (Lipinski definition) is 2. The first-order valence-electron chi connectivity index (χ1n) is 5.83. The van der Waals surface area contributed by atoms with Gasteiger partial charge in [-0.1, -0.05) is 41.4 Å². The summed E-state index contributed by atoms with van der Waals surface area (Å²) in [5.74, 6) is -1.88. The molecule has 0 radical (unpaired) electrons. The van der Waals surface area contributed by atoms with E-state index >= 15 is 0 Å². The molecule has 0 spiro atoms. The van der Waals surface area contributed by atoms with Crippen molar-refractivity contribution < 1.29 is 14.8 Å². The predicted octanol–water partition coefficient (Wildman–Crippen LogP) is 2.47. The van der Waals surface area contributed by atoms with Gasteiger partial charge in [-0.2, -0.15) is 0 Å². The Morgan fingerprint density at radius 2 is 2.00 bits per heavy atom. The maximum absolute atomic E-state index is 12.1. The number of nitro groups is 1. The molecule has 6 nitrogen and oxygen atoms in total. The summed E-state index contributed by atoms with van der Waals surface area (Å²) in [7, 11) is 0. The molecule has 0 bridgehead atoms. The number of alkyl halides is 1. The molecule has 0 saturated heterocycles. The van der Waals surface area contributed by atoms with Crippen molar-refractivity contribution in [2.75, 3.05) is 5.32 Å². The predicted molar refractivity (Wildman–Crippen MR) is 78.4 cm³/mol. The maximum Gasteiger partial charge on any atom is 0.287 e. The van der Waals surface area contributed by atoms with Crippen LogP contribution in [0.3, 0.4) is 0 Å². The number of anilines is 1. The minimum Gasteiger partial charge on any atom is -0.370 e. The molecule has 0 aromatic heterocycles. The third kappa shape index (κ3) is 3.41. The molecule has 2 rings (SSSR count). The van der Waals surface area contributed by atoms with Crippen LogP contribution in [0.15, 0.2) is 53.2 Å². The number of rotatable bonds is 3. The van der Waals surface area contributed by atoms with Crippen LogP contribution in [-0.4, -0.2) is 21.0 Å². The van der Waals surface area contributed by atoms with Gasteiger partial charge in [0.25, 0.3) is 5.70 Å². The number of hydrogen-bond acceptors (Lipinski definition) is 4. The van der Waals surface area contributed by atoms with E-state index < -0.39 is 27.5 Å². The second-order valence-electron chi connectivity index (χ2n) is 4.36. The highest BCUT2D eigenvalue weighted by Crippen LogP contribution is 2.36. The first-order valence-corrected chi connectivity index (χ1v) is 6.59. The highest BCUT2D eigenvalue weighted by atomic mass is 35.5. The van der Waals surface area contributed by atoms with Crippen molar-refractivity contribution in [2.24, 2.45) is 5.92 Å². The van der Waals surface area contributed by atoms with E-state index in [0.717, 1.165) is 12.2 Å². The van der Waals surface area contributed by atoms with Gasteiger partial charge in [0.05, 0.1) is 4.92 Å². The number of nitrogens with one attached hydrogen (secondary N) is 1. The van der Waals surface area contributed by atoms with E-state index in [2.05, 4.69) is 5.32 Å². The normalized spacial score (nSPS) is 24.8. The Labute approximate surface area is 129 Å². The minimum atomic E-state index is -2.22. The molecule has 2 unspecified atom stereocenters. The summed E-state index contributed by atoms with van der Waals surface area (Å²) < 4.78 is 0. The Bertz CT molecular complexity index is 641. The van der Waals surface area contributed by atoms with E-state index in [9.17, 15) is 20.0 Å². The molecule has 1 aliphatic rings. The zero-order chi connectivity index (χ0) is 15.6. The number of para-hydroxylation sites is 1. The molecule has 110 valence electrons. The van der Waals surface area contributed by atoms with Crippen LogP contribution in [0, 0.1) is 16.0 Å². The number of benzene rings is 1. The molecule has 2 N–H and O–H groups in total. The number of amides is 1. The molecule has 0 saturated carbocycles. The number of carbonyl (C=O) groups excluding carboxylic acids is 1. The molecular weight excluding hydrogens is 319 g/mol. The summed E-state index contributed by atoms with van der Waals surface area (Å²) in [5.41, 5.74) is -0.0403. The van der Waals surface area contributed by atoms with Crippen LogP contribution in [0.2, 0.25) is 0 Å². The van der Waals surface area contributed by atoms with Gasteiger partial charge < -0.3 is 10.4 Å². The second-order valence-corrected chi connectivity index (χ2v) is 5.37. The van der Waals surface area contributed by atoms with Crippen molar-refractivity contribution in [2.45, 2.75) is 5.06 Å². The molecule has 21 heavy (non-hydrogen) atoms. The molecule has 8 heteroatoms. The summed E-state index contributed by atoms with van der Waals surface area (Å²) in [6, 6.07) is 8.51. The number of carbonyl (C=O) groups is 1. The van der Waals surface area contributed by atoms with Crippen LogP contribution in [-0.2, 0) is 4.79 Å². The van der Waals surface area contributed by atoms with E-state index in [1.807, 2.05) is 0 Å². The van der Waals surface area contributed by atoms with E-state index in [4.69, 9.17) is 23.2 Å². The van der Waals surface area contributed by atoms with Crippen molar-refractivity contribution >= 4 is 34.8 Å². The van der Waals surface area contributed by atoms with E-state index in [1.54, 1.807) is 30.3 Å². The average Bonchev–Trinajstić information content (AvgIpc) is 2.41. The molecule has 0 aliphatic heterocycles. The first kappa shape index (κ1) is 15.5. The Kier molecular flexibility index (Phi) is 4.32. The number of nitrogens with zero attached hydrogens (tertiary/aromatic N) is 1. The lowest BCUT2D eigenvalue weighted by atomic mass is 9.94. The first-order chi connectivity index (χ1) is 9.81. The van der Waals surface area contributed by atoms with Crippen LogP contribution >= 0.6 is 23.2 Å². The molecule has 1 aromatic rings. The van der Waals surface area contributed by atoms with Gasteiger partial charge in [-0.05, 0) is 18.2 Å². The summed E-state index contributed by atoms with van der Waals surface area (Å²) >= 11 is 11.6. The van der Waals surface area contributed by atoms with Crippen molar-refractivity contribution in [3.8, 4) is 0 Å². The van der Waals surface area contributed by atoms with Gasteiger partial charge in [0.1, 0.15) is 11.0 Å². The van der Waals surface area contributed by atoms with Crippen LogP contribution in [0.4, 0.5) is 5.69 Å². The maximum atomic E-state index is 12.1. The third-order valence-corrected chi connectivity index (χ3v) is 3.52. The highest BCUT2D eigenvalue weighted by molar-refractivity contribution is 6.33. The Morgan fingerprint density at radius 3 is 2.57 bits per heavy atom. The fourth-order valence-electron chi connectivity index (χ4n) is 1.84. The summed E-state index contributed by atoms with van der Waals surface area (Å²) in [4.78, 5) is 22.1. The van der Waals surface area contributed by atoms with Crippen molar-refractivity contribution in [3.63, 3.8) is 0 Å². The summed E-state index contributed by atoms with van der Waals surface area (Å²) in [5, 5.41) is 20.9. The Balaban J connectivity index is 2.25. The lowest BCUT2D eigenvalue weighted by molar-refractivity contribution is -0.420. The fourth-order valence-corrected chi connectivity index (χ4v) is 2.36. The minimum absolute atomic E-state index is 0.251. The topological polar surface area (TPSA) is 92.5 Å². The molecule has 0 fully saturated rings. The Morgan fingerprint density at radius 1 is 1.38 bits per heavy atom. The van der Waals surface area contributed by atoms with Crippen LogP contribution in [0.1, 0.15) is 0 Å². The van der Waals surface area contributed by atoms with Crippen molar-refractivity contribution in [1.29, 1.82) is 0 Å². The smallest absolute Gasteiger partial charge is 0.287 e. The van der Waals surface area contributed by atoms with Gasteiger partial charge in [-0.25, -0.2) is 0 Å². The van der Waals surface area contributed by atoms with E-state index in [1.165, 1.54) is 0 Å². The largest absolute Gasteiger partial charge is 0.370 e. The molecule has 0 heterocycles. The molecule has 2 atom stereocenters. The molecule has 1 aliphatic carbocycles. The summed E-state index contributed by atoms with van der Waals surface area (Å²) in [6.45, 7) is 0. The van der Waals surface area contributed by atoms with Crippen LogP contribution < -0.4 is 5.32 Å². The zero-order valence-electron chi connectivity index (χ0n) is 10.5. The average molecular weight is 329 g/mol. The van der Waals surface area contributed by atoms with Crippen LogP contribution in [0.5, 0.6) is 0 Å². The number of halogens is 2. The van der Waals surface area contributed by atoms with Gasteiger partial charge in [-0.15, -0.1) is 0 Å².